The first-order valence-electron chi connectivity index (χ1n) is 12.8. The summed E-state index contributed by atoms with van der Waals surface area (Å²) in [5, 5.41) is 20.1. The number of Topliss-reactive ketones (excluding diaryl/α,β-unsaturated/α-hetero) is 2. The molecule has 5 aliphatic rings. The SMILES string of the molecule is CC1(C)CCC2(CO)CCC3C(C(=O)CC4C5(C)C=C(C#N)C(=O)CC5CCC34C)C2C1. The van der Waals surface area contributed by atoms with E-state index in [1.54, 1.807) is 0 Å². The van der Waals surface area contributed by atoms with Crippen LogP contribution in [0.3, 0.4) is 0 Å². The molecule has 0 radical (unpaired) electrons. The van der Waals surface area contributed by atoms with Crippen LogP contribution in [0.15, 0.2) is 11.6 Å². The van der Waals surface area contributed by atoms with Crippen LogP contribution < -0.4 is 0 Å². The highest BCUT2D eigenvalue weighted by molar-refractivity contribution is 6.00. The van der Waals surface area contributed by atoms with Crippen LogP contribution in [0, 0.1) is 62.6 Å². The number of ketones is 2. The van der Waals surface area contributed by atoms with Crippen molar-refractivity contribution < 1.29 is 14.7 Å². The van der Waals surface area contributed by atoms with Gasteiger partial charge in [0.1, 0.15) is 11.9 Å². The first-order chi connectivity index (χ1) is 15.0. The molecule has 5 aliphatic carbocycles. The predicted octanol–water partition coefficient (Wildman–Crippen LogP) is 5.25. The van der Waals surface area contributed by atoms with E-state index < -0.39 is 0 Å². The summed E-state index contributed by atoms with van der Waals surface area (Å²) in [7, 11) is 0. The van der Waals surface area contributed by atoms with Crippen molar-refractivity contribution in [3.8, 4) is 6.07 Å². The van der Waals surface area contributed by atoms with E-state index >= 15 is 0 Å². The second-order valence-corrected chi connectivity index (χ2v) is 13.3. The highest BCUT2D eigenvalue weighted by Crippen LogP contribution is 2.70. The zero-order chi connectivity index (χ0) is 23.1. The Kier molecular flexibility index (Phi) is 4.90. The minimum Gasteiger partial charge on any atom is -0.396 e. The van der Waals surface area contributed by atoms with Crippen LogP contribution in [0.2, 0.25) is 0 Å². The molecule has 0 bridgehead atoms. The van der Waals surface area contributed by atoms with Gasteiger partial charge in [-0.15, -0.1) is 0 Å². The van der Waals surface area contributed by atoms with Crippen LogP contribution in [0.5, 0.6) is 0 Å². The van der Waals surface area contributed by atoms with Crippen molar-refractivity contribution in [3.63, 3.8) is 0 Å². The van der Waals surface area contributed by atoms with Gasteiger partial charge in [0.05, 0.1) is 5.57 Å². The Morgan fingerprint density at radius 1 is 1.03 bits per heavy atom. The number of allylic oxidation sites excluding steroid dienone is 2. The number of hydrogen-bond donors (Lipinski definition) is 1. The van der Waals surface area contributed by atoms with Gasteiger partial charge in [-0.2, -0.15) is 5.26 Å². The van der Waals surface area contributed by atoms with Crippen LogP contribution in [0.25, 0.3) is 0 Å². The van der Waals surface area contributed by atoms with E-state index in [0.29, 0.717) is 30.1 Å². The number of carbonyl (C=O) groups excluding carboxylic acids is 2. The normalized spacial score (nSPS) is 49.6. The monoisotopic (exact) mass is 437 g/mol. The van der Waals surface area contributed by atoms with Crippen LogP contribution in [0.4, 0.5) is 0 Å². The molecule has 174 valence electrons. The molecule has 5 rings (SSSR count). The molecule has 0 aromatic heterocycles. The fraction of sp³-hybridized carbons (Fsp3) is 0.821. The second-order valence-electron chi connectivity index (χ2n) is 13.3. The number of rotatable bonds is 1. The number of fused-ring (bicyclic) bond motifs is 7. The number of nitrogens with zero attached hydrogens (tertiary/aromatic N) is 1. The number of nitriles is 1. The van der Waals surface area contributed by atoms with Gasteiger partial charge in [0, 0.05) is 25.4 Å². The first-order valence-corrected chi connectivity index (χ1v) is 12.8. The summed E-state index contributed by atoms with van der Waals surface area (Å²) in [5.41, 5.74) is 0.233. The van der Waals surface area contributed by atoms with Crippen LogP contribution in [-0.4, -0.2) is 23.3 Å². The average molecular weight is 438 g/mol. The molecule has 8 atom stereocenters. The van der Waals surface area contributed by atoms with Crippen molar-refractivity contribution in [2.45, 2.75) is 85.5 Å². The molecular formula is C28H39NO3. The first kappa shape index (κ1) is 22.3. The summed E-state index contributed by atoms with van der Waals surface area (Å²) < 4.78 is 0. The second kappa shape index (κ2) is 7.02. The van der Waals surface area contributed by atoms with E-state index in [2.05, 4.69) is 33.8 Å². The van der Waals surface area contributed by atoms with Gasteiger partial charge in [-0.3, -0.25) is 9.59 Å². The lowest BCUT2D eigenvalue weighted by molar-refractivity contribution is -0.187. The lowest BCUT2D eigenvalue weighted by Gasteiger charge is -2.66. The molecule has 4 nitrogen and oxygen atoms in total. The summed E-state index contributed by atoms with van der Waals surface area (Å²) >= 11 is 0. The summed E-state index contributed by atoms with van der Waals surface area (Å²) in [4.78, 5) is 26.4. The third-order valence-electron chi connectivity index (χ3n) is 11.4. The molecule has 4 heteroatoms. The van der Waals surface area contributed by atoms with Crippen molar-refractivity contribution in [1.82, 2.24) is 0 Å². The Labute approximate surface area is 192 Å². The number of aliphatic hydroxyl groups excluding tert-OH is 1. The molecule has 0 aliphatic heterocycles. The zero-order valence-corrected chi connectivity index (χ0v) is 20.2. The molecule has 0 heterocycles. The summed E-state index contributed by atoms with van der Waals surface area (Å²) in [6.07, 6.45) is 10.3. The Bertz CT molecular complexity index is 927. The molecule has 0 saturated heterocycles. The van der Waals surface area contributed by atoms with Crippen LogP contribution in [0.1, 0.15) is 85.5 Å². The maximum Gasteiger partial charge on any atom is 0.173 e. The third-order valence-corrected chi connectivity index (χ3v) is 11.4. The van der Waals surface area contributed by atoms with Gasteiger partial charge in [0.15, 0.2) is 5.78 Å². The molecule has 0 aromatic rings. The van der Waals surface area contributed by atoms with Crippen molar-refractivity contribution >= 4 is 11.6 Å². The van der Waals surface area contributed by atoms with Crippen molar-refractivity contribution in [2.24, 2.45) is 51.2 Å². The maximum atomic E-state index is 13.9. The van der Waals surface area contributed by atoms with Gasteiger partial charge in [0.2, 0.25) is 0 Å². The molecule has 4 saturated carbocycles. The topological polar surface area (TPSA) is 78.2 Å². The number of carbonyl (C=O) groups is 2. The molecule has 0 amide bonds. The fourth-order valence-corrected chi connectivity index (χ4v) is 9.43. The minimum atomic E-state index is -0.260. The van der Waals surface area contributed by atoms with Crippen LogP contribution in [-0.2, 0) is 9.59 Å². The predicted molar refractivity (Wildman–Crippen MR) is 122 cm³/mol. The molecule has 0 spiro atoms. The number of hydrogen-bond acceptors (Lipinski definition) is 4. The summed E-state index contributed by atoms with van der Waals surface area (Å²) in [6.45, 7) is 9.51. The largest absolute Gasteiger partial charge is 0.396 e. The average Bonchev–Trinajstić information content (AvgIpc) is 2.75. The Hall–Kier alpha value is -1.47. The van der Waals surface area contributed by atoms with E-state index in [1.807, 2.05) is 6.08 Å². The standard InChI is InChI=1S/C28H39NO3/c1-25(2)9-10-28(16-30)8-6-19-24(20(28)14-25)22(32)12-23-26(19,3)7-5-18-11-21(31)17(15-29)13-27(18,23)4/h13,18-20,23-24,30H,5-12,14,16H2,1-4H3. The molecule has 4 fully saturated rings. The van der Waals surface area contributed by atoms with Gasteiger partial charge in [-0.05, 0) is 90.3 Å². The smallest absolute Gasteiger partial charge is 0.173 e. The molecule has 1 N–H and O–H groups in total. The summed E-state index contributed by atoms with van der Waals surface area (Å²) in [6, 6.07) is 2.15. The van der Waals surface area contributed by atoms with Crippen LogP contribution >= 0.6 is 0 Å². The molecule has 32 heavy (non-hydrogen) atoms. The molecular weight excluding hydrogens is 398 g/mol. The Morgan fingerprint density at radius 2 is 1.78 bits per heavy atom. The van der Waals surface area contributed by atoms with Gasteiger partial charge >= 0.3 is 0 Å². The van der Waals surface area contributed by atoms with Crippen molar-refractivity contribution in [1.29, 1.82) is 5.26 Å². The quantitative estimate of drug-likeness (QED) is 0.607. The highest BCUT2D eigenvalue weighted by atomic mass is 16.3. The Morgan fingerprint density at radius 3 is 2.47 bits per heavy atom. The molecule has 0 aromatic carbocycles. The van der Waals surface area contributed by atoms with Crippen molar-refractivity contribution in [2.75, 3.05) is 6.61 Å². The van der Waals surface area contributed by atoms with Crippen molar-refractivity contribution in [3.05, 3.63) is 11.6 Å². The lowest BCUT2D eigenvalue weighted by Crippen LogP contribution is -2.63. The minimum absolute atomic E-state index is 0.0200. The fourth-order valence-electron chi connectivity index (χ4n) is 9.43. The van der Waals surface area contributed by atoms with Gasteiger partial charge in [-0.25, -0.2) is 0 Å². The number of aliphatic hydroxyl groups is 1. The van der Waals surface area contributed by atoms with E-state index in [1.165, 1.54) is 0 Å². The van der Waals surface area contributed by atoms with Gasteiger partial charge in [-0.1, -0.05) is 33.8 Å². The van der Waals surface area contributed by atoms with E-state index in [0.717, 1.165) is 44.9 Å². The Balaban J connectivity index is 1.56. The summed E-state index contributed by atoms with van der Waals surface area (Å²) in [5.74, 6) is 1.49. The highest BCUT2D eigenvalue weighted by Gasteiger charge is 2.66. The van der Waals surface area contributed by atoms with E-state index in [-0.39, 0.29) is 57.7 Å². The van der Waals surface area contributed by atoms with Gasteiger partial charge in [0.25, 0.3) is 0 Å². The van der Waals surface area contributed by atoms with E-state index in [9.17, 15) is 20.0 Å². The molecule has 8 unspecified atom stereocenters. The maximum absolute atomic E-state index is 13.9. The van der Waals surface area contributed by atoms with E-state index in [4.69, 9.17) is 0 Å². The zero-order valence-electron chi connectivity index (χ0n) is 20.2. The lowest BCUT2D eigenvalue weighted by atomic mass is 9.37. The third kappa shape index (κ3) is 2.89. The van der Waals surface area contributed by atoms with Gasteiger partial charge < -0.3 is 5.11 Å².